The maximum absolute atomic E-state index is 12.0. The van der Waals surface area contributed by atoms with Gasteiger partial charge < -0.3 is 25.4 Å². The number of ether oxygens (including phenoxy) is 2. The fraction of sp³-hybridized carbons (Fsp3) is 0.316. The maximum Gasteiger partial charge on any atom is 0.231 e. The van der Waals surface area contributed by atoms with E-state index in [-0.39, 0.29) is 36.7 Å². The number of carbonyl (C=O) groups excluding carboxylic acids is 1. The second-order valence-electron chi connectivity index (χ2n) is 6.06. The fourth-order valence-corrected chi connectivity index (χ4v) is 2.50. The van der Waals surface area contributed by atoms with E-state index in [4.69, 9.17) is 9.47 Å². The fourth-order valence-electron chi connectivity index (χ4n) is 2.50. The number of pyridine rings is 1. The third-order valence-electron chi connectivity index (χ3n) is 3.94. The number of hydrogen-bond acceptors (Lipinski definition) is 5. The molecule has 0 bridgehead atoms. The molecule has 1 amide bonds. The first-order valence-corrected chi connectivity index (χ1v) is 8.69. The van der Waals surface area contributed by atoms with Gasteiger partial charge in [0, 0.05) is 32.8 Å². The lowest BCUT2D eigenvalue weighted by Gasteiger charge is -2.12. The highest BCUT2D eigenvalue weighted by Gasteiger charge is 2.13. The molecule has 2 heterocycles. The number of carbonyl (C=O) groups is 1. The Kier molecular flexibility index (Phi) is 8.30. The number of rotatable bonds is 6. The van der Waals surface area contributed by atoms with Gasteiger partial charge in [0.2, 0.25) is 12.7 Å². The van der Waals surface area contributed by atoms with Crippen LogP contribution >= 0.6 is 24.0 Å². The van der Waals surface area contributed by atoms with Gasteiger partial charge in [-0.3, -0.25) is 9.79 Å². The van der Waals surface area contributed by atoms with Crippen LogP contribution in [0.5, 0.6) is 11.5 Å². The highest BCUT2D eigenvalue weighted by molar-refractivity contribution is 14.0. The molecule has 28 heavy (non-hydrogen) atoms. The molecule has 0 aliphatic carbocycles. The normalized spacial score (nSPS) is 12.1. The summed E-state index contributed by atoms with van der Waals surface area (Å²) in [5.74, 6) is 2.57. The summed E-state index contributed by atoms with van der Waals surface area (Å²) in [6, 6.07) is 9.48. The van der Waals surface area contributed by atoms with Crippen molar-refractivity contribution in [2.75, 3.05) is 25.7 Å². The molecule has 0 saturated heterocycles. The minimum Gasteiger partial charge on any atom is -0.454 e. The predicted octanol–water partition coefficient (Wildman–Crippen LogP) is 2.43. The van der Waals surface area contributed by atoms with E-state index in [1.54, 1.807) is 19.3 Å². The summed E-state index contributed by atoms with van der Waals surface area (Å²) < 4.78 is 10.7. The van der Waals surface area contributed by atoms with Crippen molar-refractivity contribution in [3.8, 4) is 11.5 Å². The largest absolute Gasteiger partial charge is 0.454 e. The van der Waals surface area contributed by atoms with Crippen molar-refractivity contribution in [3.63, 3.8) is 0 Å². The van der Waals surface area contributed by atoms with Crippen molar-refractivity contribution in [1.82, 2.24) is 15.6 Å². The number of guanidine groups is 1. The lowest BCUT2D eigenvalue weighted by atomic mass is 10.2. The van der Waals surface area contributed by atoms with Gasteiger partial charge in [-0.15, -0.1) is 24.0 Å². The summed E-state index contributed by atoms with van der Waals surface area (Å²) in [5, 5.41) is 9.09. The molecule has 0 spiro atoms. The Morgan fingerprint density at radius 2 is 2.00 bits per heavy atom. The van der Waals surface area contributed by atoms with E-state index in [9.17, 15) is 4.79 Å². The molecule has 0 atom stereocenters. The minimum absolute atomic E-state index is 0. The molecule has 3 rings (SSSR count). The van der Waals surface area contributed by atoms with Gasteiger partial charge in [0.15, 0.2) is 17.5 Å². The van der Waals surface area contributed by atoms with Gasteiger partial charge in [0.05, 0.1) is 0 Å². The minimum atomic E-state index is -0.106. The monoisotopic (exact) mass is 497 g/mol. The number of amides is 1. The molecule has 0 unspecified atom stereocenters. The van der Waals surface area contributed by atoms with E-state index < -0.39 is 0 Å². The number of benzene rings is 1. The van der Waals surface area contributed by atoms with E-state index in [0.29, 0.717) is 31.3 Å². The molecule has 3 N–H and O–H groups in total. The topological polar surface area (TPSA) is 96.9 Å². The third kappa shape index (κ3) is 6.25. The quantitative estimate of drug-likeness (QED) is 0.323. The van der Waals surface area contributed by atoms with E-state index in [0.717, 1.165) is 22.6 Å². The van der Waals surface area contributed by atoms with Gasteiger partial charge in [-0.05, 0) is 36.2 Å². The first-order chi connectivity index (χ1) is 13.1. The maximum atomic E-state index is 12.0. The van der Waals surface area contributed by atoms with Gasteiger partial charge in [-0.25, -0.2) is 4.98 Å². The number of nitrogens with zero attached hydrogens (tertiary/aromatic N) is 2. The number of nitrogens with one attached hydrogen (secondary N) is 3. The first-order valence-electron chi connectivity index (χ1n) is 8.69. The van der Waals surface area contributed by atoms with Gasteiger partial charge in [-0.1, -0.05) is 12.1 Å². The number of aliphatic imine (C=N–C) groups is 1. The van der Waals surface area contributed by atoms with Crippen LogP contribution < -0.4 is 25.4 Å². The molecule has 1 aromatic carbocycles. The van der Waals surface area contributed by atoms with E-state index >= 15 is 0 Å². The molecular weight excluding hydrogens is 473 g/mol. The van der Waals surface area contributed by atoms with Gasteiger partial charge in [0.25, 0.3) is 0 Å². The summed E-state index contributed by atoms with van der Waals surface area (Å²) in [6.07, 6.45) is 2.02. The lowest BCUT2D eigenvalue weighted by molar-refractivity contribution is -0.116. The van der Waals surface area contributed by atoms with Crippen LogP contribution in [0.25, 0.3) is 0 Å². The molecule has 8 nitrogen and oxygen atoms in total. The summed E-state index contributed by atoms with van der Waals surface area (Å²) in [7, 11) is 1.69. The van der Waals surface area contributed by atoms with Crippen molar-refractivity contribution in [3.05, 3.63) is 47.7 Å². The second kappa shape index (κ2) is 10.7. The van der Waals surface area contributed by atoms with Crippen LogP contribution in [-0.2, 0) is 11.3 Å². The van der Waals surface area contributed by atoms with Crippen LogP contribution in [0.2, 0.25) is 0 Å². The molecule has 1 aliphatic rings. The van der Waals surface area contributed by atoms with Gasteiger partial charge in [0.1, 0.15) is 5.82 Å². The van der Waals surface area contributed by atoms with Gasteiger partial charge in [-0.2, -0.15) is 0 Å². The smallest absolute Gasteiger partial charge is 0.231 e. The molecule has 9 heteroatoms. The lowest BCUT2D eigenvalue weighted by Crippen LogP contribution is -2.38. The highest BCUT2D eigenvalue weighted by atomic mass is 127. The van der Waals surface area contributed by atoms with Crippen molar-refractivity contribution in [2.24, 2.45) is 4.99 Å². The average molecular weight is 497 g/mol. The first kappa shape index (κ1) is 21.7. The van der Waals surface area contributed by atoms with E-state index in [2.05, 4.69) is 25.9 Å². The predicted molar refractivity (Wildman–Crippen MR) is 118 cm³/mol. The SMILES string of the molecule is CN=C(NCCC(=O)Nc1ccc(C)cn1)NCc1ccc2c(c1)OCO2.I. The standard InChI is InChI=1S/C19H23N5O3.HI/c1-13-3-6-17(22-10-13)24-18(25)7-8-21-19(20-2)23-11-14-4-5-15-16(9-14)27-12-26-15;/h3-6,9-10H,7-8,11-12H2,1-2H3,(H2,20,21,23)(H,22,24,25);1H. The van der Waals surface area contributed by atoms with Crippen LogP contribution in [0, 0.1) is 6.92 Å². The van der Waals surface area contributed by atoms with Crippen molar-refractivity contribution >= 4 is 41.7 Å². The number of halogens is 1. The highest BCUT2D eigenvalue weighted by Crippen LogP contribution is 2.32. The van der Waals surface area contributed by atoms with E-state index in [1.165, 1.54) is 0 Å². The van der Waals surface area contributed by atoms with Crippen LogP contribution in [-0.4, -0.2) is 37.2 Å². The average Bonchev–Trinajstić information content (AvgIpc) is 3.14. The van der Waals surface area contributed by atoms with Crippen LogP contribution in [0.4, 0.5) is 5.82 Å². The Balaban J connectivity index is 0.00000280. The Hall–Kier alpha value is -2.56. The summed E-state index contributed by atoms with van der Waals surface area (Å²) in [5.41, 5.74) is 2.09. The van der Waals surface area contributed by atoms with Crippen LogP contribution in [0.15, 0.2) is 41.5 Å². The number of aromatic nitrogens is 1. The van der Waals surface area contributed by atoms with Gasteiger partial charge >= 0.3 is 0 Å². The van der Waals surface area contributed by atoms with Crippen molar-refractivity contribution in [1.29, 1.82) is 0 Å². The molecule has 1 aliphatic heterocycles. The van der Waals surface area contributed by atoms with Crippen LogP contribution in [0.3, 0.4) is 0 Å². The van der Waals surface area contributed by atoms with Crippen molar-refractivity contribution < 1.29 is 14.3 Å². The molecule has 0 saturated carbocycles. The third-order valence-corrected chi connectivity index (χ3v) is 3.94. The van der Waals surface area contributed by atoms with Crippen molar-refractivity contribution in [2.45, 2.75) is 19.9 Å². The Morgan fingerprint density at radius 1 is 1.18 bits per heavy atom. The molecule has 150 valence electrons. The van der Waals surface area contributed by atoms with E-state index in [1.807, 2.05) is 31.2 Å². The summed E-state index contributed by atoms with van der Waals surface area (Å²) in [4.78, 5) is 20.3. The zero-order chi connectivity index (χ0) is 19.1. The van der Waals surface area contributed by atoms with Crippen LogP contribution in [0.1, 0.15) is 17.5 Å². The molecular formula is C19H24IN5O3. The second-order valence-corrected chi connectivity index (χ2v) is 6.06. The molecule has 1 aromatic heterocycles. The Morgan fingerprint density at radius 3 is 2.75 bits per heavy atom. The number of hydrogen-bond donors (Lipinski definition) is 3. The molecule has 0 fully saturated rings. The Bertz CT molecular complexity index is 827. The number of fused-ring (bicyclic) bond motifs is 1. The Labute approximate surface area is 181 Å². The number of anilines is 1. The zero-order valence-electron chi connectivity index (χ0n) is 15.8. The zero-order valence-corrected chi connectivity index (χ0v) is 18.2. The molecule has 2 aromatic rings. The molecule has 0 radical (unpaired) electrons. The number of aryl methyl sites for hydroxylation is 1. The summed E-state index contributed by atoms with van der Waals surface area (Å²) in [6.45, 7) is 3.24. The summed E-state index contributed by atoms with van der Waals surface area (Å²) >= 11 is 0.